The number of para-hydroxylation sites is 2. The van der Waals surface area contributed by atoms with Gasteiger partial charge in [0.1, 0.15) is 12.6 Å². The third-order valence-corrected chi connectivity index (χ3v) is 2.19. The van der Waals surface area contributed by atoms with Crippen molar-refractivity contribution in [2.75, 3.05) is 0 Å². The number of imidazole rings is 1. The molecular weight excluding hydrogens is 164 g/mol. The van der Waals surface area contributed by atoms with Gasteiger partial charge in [0.2, 0.25) is 0 Å². The fraction of sp³-hybridized carbons (Fsp3) is 0.300. The number of hydrogen-bond donors (Lipinski definition) is 1. The monoisotopic (exact) mass is 176 g/mol. The lowest BCUT2D eigenvalue weighted by molar-refractivity contribution is 0.211. The minimum absolute atomic E-state index is 0.00366. The molecule has 0 fully saturated rings. The third kappa shape index (κ3) is 1.21. The molecule has 68 valence electrons. The van der Waals surface area contributed by atoms with E-state index in [9.17, 15) is 0 Å². The van der Waals surface area contributed by atoms with E-state index < -0.39 is 0 Å². The second kappa shape index (κ2) is 3.18. The van der Waals surface area contributed by atoms with Crippen molar-refractivity contribution in [3.05, 3.63) is 30.1 Å². The van der Waals surface area contributed by atoms with Crippen LogP contribution in [0.1, 0.15) is 12.7 Å². The minimum atomic E-state index is 0.00366. The first-order valence-corrected chi connectivity index (χ1v) is 4.41. The molecule has 13 heavy (non-hydrogen) atoms. The van der Waals surface area contributed by atoms with E-state index in [-0.39, 0.29) is 6.73 Å². The first kappa shape index (κ1) is 8.26. The van der Waals surface area contributed by atoms with Gasteiger partial charge in [0, 0.05) is 6.42 Å². The number of fused-ring (bicyclic) bond motifs is 1. The molecule has 0 saturated heterocycles. The zero-order chi connectivity index (χ0) is 9.26. The number of hydrogen-bond acceptors (Lipinski definition) is 2. The number of nitrogens with zero attached hydrogens (tertiary/aromatic N) is 2. The first-order valence-electron chi connectivity index (χ1n) is 4.41. The molecule has 0 aliphatic heterocycles. The van der Waals surface area contributed by atoms with Crippen LogP contribution in [0.2, 0.25) is 0 Å². The van der Waals surface area contributed by atoms with Crippen LogP contribution in [0.25, 0.3) is 11.0 Å². The maximum absolute atomic E-state index is 9.16. The highest BCUT2D eigenvalue weighted by molar-refractivity contribution is 5.75. The van der Waals surface area contributed by atoms with Gasteiger partial charge in [0.05, 0.1) is 11.0 Å². The van der Waals surface area contributed by atoms with Crippen LogP contribution < -0.4 is 0 Å². The third-order valence-electron chi connectivity index (χ3n) is 2.19. The second-order valence-corrected chi connectivity index (χ2v) is 2.94. The molecule has 0 radical (unpaired) electrons. The van der Waals surface area contributed by atoms with Crippen LogP contribution in [-0.2, 0) is 13.2 Å². The van der Waals surface area contributed by atoms with Gasteiger partial charge in [-0.15, -0.1) is 0 Å². The van der Waals surface area contributed by atoms with E-state index in [1.807, 2.05) is 35.8 Å². The predicted molar refractivity (Wildman–Crippen MR) is 51.3 cm³/mol. The molecule has 2 aromatic rings. The lowest BCUT2D eigenvalue weighted by Gasteiger charge is -2.01. The van der Waals surface area contributed by atoms with E-state index >= 15 is 0 Å². The van der Waals surface area contributed by atoms with Gasteiger partial charge in [-0.3, -0.25) is 0 Å². The molecule has 0 aliphatic rings. The molecule has 0 spiro atoms. The van der Waals surface area contributed by atoms with E-state index in [2.05, 4.69) is 4.98 Å². The van der Waals surface area contributed by atoms with E-state index in [4.69, 9.17) is 5.11 Å². The predicted octanol–water partition coefficient (Wildman–Crippen LogP) is 1.55. The Morgan fingerprint density at radius 2 is 2.15 bits per heavy atom. The Morgan fingerprint density at radius 3 is 2.85 bits per heavy atom. The minimum Gasteiger partial charge on any atom is -0.376 e. The molecule has 2 rings (SSSR count). The lowest BCUT2D eigenvalue weighted by Crippen LogP contribution is -2.01. The summed E-state index contributed by atoms with van der Waals surface area (Å²) < 4.78 is 1.83. The second-order valence-electron chi connectivity index (χ2n) is 2.94. The van der Waals surface area contributed by atoms with E-state index in [0.29, 0.717) is 0 Å². The summed E-state index contributed by atoms with van der Waals surface area (Å²) in [6, 6.07) is 7.84. The zero-order valence-corrected chi connectivity index (χ0v) is 7.57. The van der Waals surface area contributed by atoms with Gasteiger partial charge in [-0.25, -0.2) is 4.98 Å². The molecular formula is C10H12N2O. The fourth-order valence-corrected chi connectivity index (χ4v) is 1.55. The largest absolute Gasteiger partial charge is 0.376 e. The highest BCUT2D eigenvalue weighted by Gasteiger charge is 2.06. The Kier molecular flexibility index (Phi) is 2.02. The molecule has 0 aliphatic carbocycles. The summed E-state index contributed by atoms with van der Waals surface area (Å²) in [5.41, 5.74) is 1.95. The molecule has 0 saturated carbocycles. The summed E-state index contributed by atoms with van der Waals surface area (Å²) in [5, 5.41) is 9.16. The highest BCUT2D eigenvalue weighted by atomic mass is 16.3. The zero-order valence-electron chi connectivity index (χ0n) is 7.57. The molecule has 0 amide bonds. The maximum atomic E-state index is 9.16. The normalized spacial score (nSPS) is 10.9. The van der Waals surface area contributed by atoms with Crippen LogP contribution in [0.5, 0.6) is 0 Å². The van der Waals surface area contributed by atoms with Crippen molar-refractivity contribution in [1.82, 2.24) is 9.55 Å². The van der Waals surface area contributed by atoms with Crippen LogP contribution >= 0.6 is 0 Å². The van der Waals surface area contributed by atoms with Gasteiger partial charge in [0.15, 0.2) is 0 Å². The number of aromatic nitrogens is 2. The number of benzene rings is 1. The SMILES string of the molecule is CCc1nc2ccccc2n1CO. The van der Waals surface area contributed by atoms with Crippen molar-refractivity contribution >= 4 is 11.0 Å². The van der Waals surface area contributed by atoms with Crippen molar-refractivity contribution in [1.29, 1.82) is 0 Å². The van der Waals surface area contributed by atoms with Gasteiger partial charge < -0.3 is 9.67 Å². The van der Waals surface area contributed by atoms with E-state index in [1.54, 1.807) is 0 Å². The van der Waals surface area contributed by atoms with Crippen molar-refractivity contribution in [3.63, 3.8) is 0 Å². The molecule has 1 aromatic carbocycles. The van der Waals surface area contributed by atoms with E-state index in [0.717, 1.165) is 23.3 Å². The maximum Gasteiger partial charge on any atom is 0.121 e. The molecule has 1 N–H and O–H groups in total. The Morgan fingerprint density at radius 1 is 1.38 bits per heavy atom. The summed E-state index contributed by atoms with van der Waals surface area (Å²) in [6.07, 6.45) is 0.842. The molecule has 1 aromatic heterocycles. The fourth-order valence-electron chi connectivity index (χ4n) is 1.55. The number of aryl methyl sites for hydroxylation is 1. The molecule has 0 atom stereocenters. The van der Waals surface area contributed by atoms with Gasteiger partial charge in [-0.05, 0) is 12.1 Å². The average Bonchev–Trinajstić information content (AvgIpc) is 2.55. The van der Waals surface area contributed by atoms with E-state index in [1.165, 1.54) is 0 Å². The first-order chi connectivity index (χ1) is 6.36. The molecule has 3 heteroatoms. The quantitative estimate of drug-likeness (QED) is 0.753. The van der Waals surface area contributed by atoms with Crippen LogP contribution in [0.4, 0.5) is 0 Å². The summed E-state index contributed by atoms with van der Waals surface area (Å²) in [4.78, 5) is 4.40. The Hall–Kier alpha value is -1.35. The van der Waals surface area contributed by atoms with Crippen LogP contribution in [0.15, 0.2) is 24.3 Å². The van der Waals surface area contributed by atoms with Crippen LogP contribution in [-0.4, -0.2) is 14.7 Å². The van der Waals surface area contributed by atoms with Crippen LogP contribution in [0, 0.1) is 0 Å². The Bertz CT molecular complexity index is 420. The Balaban J connectivity index is 2.73. The summed E-state index contributed by atoms with van der Waals surface area (Å²) >= 11 is 0. The topological polar surface area (TPSA) is 38.0 Å². The van der Waals surface area contributed by atoms with Crippen molar-refractivity contribution in [2.45, 2.75) is 20.1 Å². The molecule has 3 nitrogen and oxygen atoms in total. The van der Waals surface area contributed by atoms with Crippen molar-refractivity contribution in [2.24, 2.45) is 0 Å². The summed E-state index contributed by atoms with van der Waals surface area (Å²) in [5.74, 6) is 0.934. The Labute approximate surface area is 76.6 Å². The van der Waals surface area contributed by atoms with Gasteiger partial charge in [-0.1, -0.05) is 19.1 Å². The molecule has 0 bridgehead atoms. The molecule has 0 unspecified atom stereocenters. The summed E-state index contributed by atoms with van der Waals surface area (Å²) in [7, 11) is 0. The smallest absolute Gasteiger partial charge is 0.121 e. The number of aliphatic hydroxyl groups excluding tert-OH is 1. The molecule has 1 heterocycles. The number of rotatable bonds is 2. The van der Waals surface area contributed by atoms with Gasteiger partial charge in [-0.2, -0.15) is 0 Å². The lowest BCUT2D eigenvalue weighted by atomic mass is 10.3. The average molecular weight is 176 g/mol. The van der Waals surface area contributed by atoms with Crippen molar-refractivity contribution in [3.8, 4) is 0 Å². The van der Waals surface area contributed by atoms with Crippen molar-refractivity contribution < 1.29 is 5.11 Å². The summed E-state index contributed by atoms with van der Waals surface area (Å²) in [6.45, 7) is 2.04. The van der Waals surface area contributed by atoms with Gasteiger partial charge in [0.25, 0.3) is 0 Å². The van der Waals surface area contributed by atoms with Gasteiger partial charge >= 0.3 is 0 Å². The van der Waals surface area contributed by atoms with Crippen LogP contribution in [0.3, 0.4) is 0 Å². The number of aliphatic hydroxyl groups is 1. The standard InChI is InChI=1S/C10H12N2O/c1-2-10-11-8-5-3-4-6-9(8)12(10)7-13/h3-6,13H,2,7H2,1H3. The highest BCUT2D eigenvalue weighted by Crippen LogP contribution is 2.15.